The van der Waals surface area contributed by atoms with Gasteiger partial charge in [-0.05, 0) is 24.6 Å². The predicted molar refractivity (Wildman–Crippen MR) is 74.7 cm³/mol. The first-order valence-corrected chi connectivity index (χ1v) is 6.24. The molecule has 0 spiro atoms. The molecule has 2 amide bonds. The molecule has 0 aliphatic carbocycles. The van der Waals surface area contributed by atoms with Crippen molar-refractivity contribution in [3.63, 3.8) is 0 Å². The van der Waals surface area contributed by atoms with E-state index in [4.69, 9.17) is 9.26 Å². The molecule has 0 saturated heterocycles. The van der Waals surface area contributed by atoms with Gasteiger partial charge in [0.1, 0.15) is 11.5 Å². The Hall–Kier alpha value is -2.83. The molecule has 110 valence electrons. The van der Waals surface area contributed by atoms with Crippen LogP contribution in [0.1, 0.15) is 11.3 Å². The van der Waals surface area contributed by atoms with E-state index >= 15 is 0 Å². The number of amides is 2. The highest BCUT2D eigenvalue weighted by molar-refractivity contribution is 6.39. The number of anilines is 1. The van der Waals surface area contributed by atoms with Crippen LogP contribution in [0, 0.1) is 6.92 Å². The van der Waals surface area contributed by atoms with E-state index in [0.717, 1.165) is 5.56 Å². The molecule has 2 N–H and O–H groups in total. The molecular formula is C14H15N3O4. The number of hydrogen-bond acceptors (Lipinski definition) is 5. The number of carbonyl (C=O) groups excluding carboxylic acids is 2. The van der Waals surface area contributed by atoms with Gasteiger partial charge in [0.15, 0.2) is 5.82 Å². The summed E-state index contributed by atoms with van der Waals surface area (Å²) >= 11 is 0. The molecule has 1 aromatic carbocycles. The van der Waals surface area contributed by atoms with Crippen molar-refractivity contribution in [2.24, 2.45) is 0 Å². The molecule has 2 aromatic rings. The Balaban J connectivity index is 1.87. The fraction of sp³-hybridized carbons (Fsp3) is 0.214. The average Bonchev–Trinajstić information content (AvgIpc) is 2.90. The van der Waals surface area contributed by atoms with E-state index < -0.39 is 11.8 Å². The maximum atomic E-state index is 11.7. The third kappa shape index (κ3) is 4.07. The van der Waals surface area contributed by atoms with Gasteiger partial charge in [0.05, 0.1) is 7.11 Å². The Morgan fingerprint density at radius 2 is 2.10 bits per heavy atom. The first-order chi connectivity index (χ1) is 10.1. The van der Waals surface area contributed by atoms with Gasteiger partial charge in [-0.1, -0.05) is 17.3 Å². The van der Waals surface area contributed by atoms with Crippen LogP contribution >= 0.6 is 0 Å². The van der Waals surface area contributed by atoms with Crippen LogP contribution in [0.15, 0.2) is 34.9 Å². The second kappa shape index (κ2) is 6.56. The summed E-state index contributed by atoms with van der Waals surface area (Å²) < 4.78 is 9.87. The standard InChI is InChI=1S/C14H15N3O4/c1-9-6-12(17-21-9)16-14(19)13(18)15-8-10-4-3-5-11(7-10)20-2/h3-7H,8H2,1-2H3,(H,15,18)(H,16,17,19). The van der Waals surface area contributed by atoms with Crippen molar-refractivity contribution in [1.29, 1.82) is 0 Å². The highest BCUT2D eigenvalue weighted by Gasteiger charge is 2.15. The quantitative estimate of drug-likeness (QED) is 0.826. The Bertz CT molecular complexity index is 651. The average molecular weight is 289 g/mol. The van der Waals surface area contributed by atoms with Gasteiger partial charge in [0, 0.05) is 12.6 Å². The van der Waals surface area contributed by atoms with Gasteiger partial charge in [-0.2, -0.15) is 0 Å². The monoisotopic (exact) mass is 289 g/mol. The van der Waals surface area contributed by atoms with E-state index in [1.807, 2.05) is 6.07 Å². The molecule has 0 aliphatic rings. The highest BCUT2D eigenvalue weighted by atomic mass is 16.5. The van der Waals surface area contributed by atoms with Crippen LogP contribution in [0.5, 0.6) is 5.75 Å². The maximum absolute atomic E-state index is 11.7. The van der Waals surface area contributed by atoms with Gasteiger partial charge in [0.2, 0.25) is 0 Å². The lowest BCUT2D eigenvalue weighted by Crippen LogP contribution is -2.35. The second-order valence-electron chi connectivity index (χ2n) is 4.31. The first-order valence-electron chi connectivity index (χ1n) is 6.24. The number of nitrogens with zero attached hydrogens (tertiary/aromatic N) is 1. The van der Waals surface area contributed by atoms with Crippen LogP contribution in [-0.4, -0.2) is 24.1 Å². The summed E-state index contributed by atoms with van der Waals surface area (Å²) in [6, 6.07) is 8.72. The van der Waals surface area contributed by atoms with Crippen molar-refractivity contribution in [3.8, 4) is 5.75 Å². The molecule has 0 radical (unpaired) electrons. The summed E-state index contributed by atoms with van der Waals surface area (Å²) in [6.45, 7) is 1.91. The molecule has 2 rings (SSSR count). The van der Waals surface area contributed by atoms with E-state index in [2.05, 4.69) is 15.8 Å². The van der Waals surface area contributed by atoms with Gasteiger partial charge < -0.3 is 14.6 Å². The summed E-state index contributed by atoms with van der Waals surface area (Å²) in [5.74, 6) is -0.120. The zero-order valence-corrected chi connectivity index (χ0v) is 11.7. The van der Waals surface area contributed by atoms with Crippen LogP contribution < -0.4 is 15.4 Å². The van der Waals surface area contributed by atoms with Crippen molar-refractivity contribution in [3.05, 3.63) is 41.7 Å². The van der Waals surface area contributed by atoms with Gasteiger partial charge >= 0.3 is 11.8 Å². The molecule has 1 aromatic heterocycles. The summed E-state index contributed by atoms with van der Waals surface area (Å²) in [5, 5.41) is 8.43. The van der Waals surface area contributed by atoms with E-state index in [-0.39, 0.29) is 12.4 Å². The Labute approximate surface area is 121 Å². The molecule has 0 saturated carbocycles. The Morgan fingerprint density at radius 1 is 1.29 bits per heavy atom. The minimum atomic E-state index is -0.800. The van der Waals surface area contributed by atoms with Gasteiger partial charge in [0.25, 0.3) is 0 Å². The van der Waals surface area contributed by atoms with E-state index in [9.17, 15) is 9.59 Å². The minimum Gasteiger partial charge on any atom is -0.497 e. The number of carbonyl (C=O) groups is 2. The van der Waals surface area contributed by atoms with Gasteiger partial charge in [-0.25, -0.2) is 0 Å². The lowest BCUT2D eigenvalue weighted by molar-refractivity contribution is -0.136. The topological polar surface area (TPSA) is 93.5 Å². The molecular weight excluding hydrogens is 274 g/mol. The summed E-state index contributed by atoms with van der Waals surface area (Å²) in [4.78, 5) is 23.3. The van der Waals surface area contributed by atoms with Crippen LogP contribution in [0.3, 0.4) is 0 Å². The number of rotatable bonds is 4. The normalized spacial score (nSPS) is 10.0. The third-order valence-electron chi connectivity index (χ3n) is 2.66. The van der Waals surface area contributed by atoms with E-state index in [1.54, 1.807) is 32.2 Å². The molecule has 1 heterocycles. The maximum Gasteiger partial charge on any atom is 0.314 e. The first kappa shape index (κ1) is 14.6. The molecule has 7 nitrogen and oxygen atoms in total. The van der Waals surface area contributed by atoms with Crippen molar-refractivity contribution >= 4 is 17.6 Å². The SMILES string of the molecule is COc1cccc(CNC(=O)C(=O)Nc2cc(C)on2)c1. The zero-order valence-electron chi connectivity index (χ0n) is 11.7. The summed E-state index contributed by atoms with van der Waals surface area (Å²) in [7, 11) is 1.56. The predicted octanol–water partition coefficient (Wildman–Crippen LogP) is 1.25. The van der Waals surface area contributed by atoms with Gasteiger partial charge in [-0.15, -0.1) is 0 Å². The Morgan fingerprint density at radius 3 is 2.76 bits per heavy atom. The summed E-state index contributed by atoms with van der Waals surface area (Å²) in [6.07, 6.45) is 0. The van der Waals surface area contributed by atoms with Crippen LogP contribution in [0.25, 0.3) is 0 Å². The highest BCUT2D eigenvalue weighted by Crippen LogP contribution is 2.12. The number of nitrogens with one attached hydrogen (secondary N) is 2. The fourth-order valence-corrected chi connectivity index (χ4v) is 1.64. The lowest BCUT2D eigenvalue weighted by atomic mass is 10.2. The van der Waals surface area contributed by atoms with Crippen LogP contribution in [0.2, 0.25) is 0 Å². The fourth-order valence-electron chi connectivity index (χ4n) is 1.64. The van der Waals surface area contributed by atoms with Crippen molar-refractivity contribution < 1.29 is 18.8 Å². The van der Waals surface area contributed by atoms with Gasteiger partial charge in [-0.3, -0.25) is 14.9 Å². The number of aryl methyl sites for hydroxylation is 1. The molecule has 0 bridgehead atoms. The number of aromatic nitrogens is 1. The van der Waals surface area contributed by atoms with Crippen LogP contribution in [0.4, 0.5) is 5.82 Å². The number of methoxy groups -OCH3 is 1. The molecule has 21 heavy (non-hydrogen) atoms. The van der Waals surface area contributed by atoms with Crippen molar-refractivity contribution in [1.82, 2.24) is 10.5 Å². The van der Waals surface area contributed by atoms with Crippen molar-refractivity contribution in [2.45, 2.75) is 13.5 Å². The Kier molecular flexibility index (Phi) is 4.55. The molecule has 0 fully saturated rings. The van der Waals surface area contributed by atoms with Crippen molar-refractivity contribution in [2.75, 3.05) is 12.4 Å². The molecule has 0 aliphatic heterocycles. The largest absolute Gasteiger partial charge is 0.497 e. The molecule has 0 atom stereocenters. The number of ether oxygens (including phenoxy) is 1. The third-order valence-corrected chi connectivity index (χ3v) is 2.66. The summed E-state index contributed by atoms with van der Waals surface area (Å²) in [5.41, 5.74) is 0.827. The lowest BCUT2D eigenvalue weighted by Gasteiger charge is -2.06. The zero-order chi connectivity index (χ0) is 15.2. The van der Waals surface area contributed by atoms with Crippen LogP contribution in [-0.2, 0) is 16.1 Å². The second-order valence-corrected chi connectivity index (χ2v) is 4.31. The smallest absolute Gasteiger partial charge is 0.314 e. The molecule has 0 unspecified atom stereocenters. The molecule has 7 heteroatoms. The van der Waals surface area contributed by atoms with E-state index in [0.29, 0.717) is 11.5 Å². The number of benzene rings is 1. The minimum absolute atomic E-state index is 0.203. The van der Waals surface area contributed by atoms with E-state index in [1.165, 1.54) is 6.07 Å². The number of hydrogen-bond donors (Lipinski definition) is 2.